The Balaban J connectivity index is 2.11. The third kappa shape index (κ3) is 4.59. The zero-order chi connectivity index (χ0) is 17.5. The van der Waals surface area contributed by atoms with Crippen LogP contribution in [-0.2, 0) is 4.79 Å². The topological polar surface area (TPSA) is 64.3 Å². The van der Waals surface area contributed by atoms with E-state index >= 15 is 0 Å². The molecule has 2 aromatic rings. The molecule has 0 fully saturated rings. The van der Waals surface area contributed by atoms with Crippen molar-refractivity contribution in [2.45, 2.75) is 33.2 Å². The van der Waals surface area contributed by atoms with Crippen molar-refractivity contribution in [3.8, 4) is 5.75 Å². The van der Waals surface area contributed by atoms with Crippen LogP contribution in [0.25, 0.3) is 0 Å². The third-order valence-corrected chi connectivity index (χ3v) is 3.99. The molecule has 0 aromatic heterocycles. The van der Waals surface area contributed by atoms with E-state index in [1.165, 1.54) is 0 Å². The minimum absolute atomic E-state index is 0.114. The Hall–Kier alpha value is -2.33. The highest BCUT2D eigenvalue weighted by molar-refractivity contribution is 5.94. The summed E-state index contributed by atoms with van der Waals surface area (Å²) in [5, 5.41) is 2.95. The van der Waals surface area contributed by atoms with E-state index in [9.17, 15) is 4.79 Å². The number of anilines is 1. The number of benzene rings is 2. The molecule has 2 aromatic carbocycles. The Labute approximate surface area is 144 Å². The van der Waals surface area contributed by atoms with Crippen LogP contribution in [0, 0.1) is 12.8 Å². The van der Waals surface area contributed by atoms with Gasteiger partial charge in [-0.25, -0.2) is 0 Å². The first kappa shape index (κ1) is 18.0. The lowest BCUT2D eigenvalue weighted by atomic mass is 9.94. The molecule has 3 N–H and O–H groups in total. The van der Waals surface area contributed by atoms with Gasteiger partial charge in [-0.2, -0.15) is 0 Å². The molecule has 0 saturated heterocycles. The van der Waals surface area contributed by atoms with Crippen LogP contribution in [0.1, 0.15) is 37.4 Å². The second-order valence-corrected chi connectivity index (χ2v) is 6.06. The van der Waals surface area contributed by atoms with Crippen molar-refractivity contribution in [2.24, 2.45) is 11.7 Å². The average molecular weight is 326 g/mol. The standard InChI is InChI=1S/C20H26N2O2/c1-4-12-24-18-13-14(2)10-11-17(18)22-20(23)15(3)19(21)16-8-6-5-7-9-16/h5-11,13,15,19H,4,12,21H2,1-3H3,(H,22,23). The predicted molar refractivity (Wildman–Crippen MR) is 98.1 cm³/mol. The molecular formula is C20H26N2O2. The van der Waals surface area contributed by atoms with E-state index < -0.39 is 0 Å². The molecular weight excluding hydrogens is 300 g/mol. The van der Waals surface area contributed by atoms with Crippen molar-refractivity contribution in [1.29, 1.82) is 0 Å². The number of hydrogen-bond donors (Lipinski definition) is 2. The van der Waals surface area contributed by atoms with Gasteiger partial charge in [-0.05, 0) is 36.6 Å². The maximum Gasteiger partial charge on any atom is 0.229 e. The first-order valence-corrected chi connectivity index (χ1v) is 8.37. The number of aryl methyl sites for hydroxylation is 1. The van der Waals surface area contributed by atoms with Crippen molar-refractivity contribution in [3.63, 3.8) is 0 Å². The zero-order valence-corrected chi connectivity index (χ0v) is 14.6. The van der Waals surface area contributed by atoms with Crippen LogP contribution in [0.2, 0.25) is 0 Å². The molecule has 0 spiro atoms. The van der Waals surface area contributed by atoms with Gasteiger partial charge in [0.15, 0.2) is 0 Å². The lowest BCUT2D eigenvalue weighted by Crippen LogP contribution is -2.30. The number of nitrogens with two attached hydrogens (primary N) is 1. The van der Waals surface area contributed by atoms with Gasteiger partial charge < -0.3 is 15.8 Å². The van der Waals surface area contributed by atoms with Crippen molar-refractivity contribution in [2.75, 3.05) is 11.9 Å². The molecule has 2 rings (SSSR count). The van der Waals surface area contributed by atoms with Crippen LogP contribution < -0.4 is 15.8 Å². The van der Waals surface area contributed by atoms with Crippen molar-refractivity contribution in [1.82, 2.24) is 0 Å². The highest BCUT2D eigenvalue weighted by Crippen LogP contribution is 2.28. The Kier molecular flexibility index (Phi) is 6.38. The SMILES string of the molecule is CCCOc1cc(C)ccc1NC(=O)C(C)C(N)c1ccccc1. The lowest BCUT2D eigenvalue weighted by molar-refractivity contribution is -0.120. The van der Waals surface area contributed by atoms with Gasteiger partial charge in [-0.3, -0.25) is 4.79 Å². The fourth-order valence-corrected chi connectivity index (χ4v) is 2.44. The highest BCUT2D eigenvalue weighted by Gasteiger charge is 2.23. The molecule has 128 valence electrons. The predicted octanol–water partition coefficient (Wildman–Crippen LogP) is 4.06. The number of rotatable bonds is 7. The van der Waals surface area contributed by atoms with Crippen molar-refractivity contribution in [3.05, 3.63) is 59.7 Å². The smallest absolute Gasteiger partial charge is 0.229 e. The third-order valence-electron chi connectivity index (χ3n) is 3.99. The van der Waals surface area contributed by atoms with E-state index in [1.54, 1.807) is 0 Å². The van der Waals surface area contributed by atoms with Crippen LogP contribution in [-0.4, -0.2) is 12.5 Å². The number of ether oxygens (including phenoxy) is 1. The number of carbonyl (C=O) groups is 1. The monoisotopic (exact) mass is 326 g/mol. The number of carbonyl (C=O) groups excluding carboxylic acids is 1. The van der Waals surface area contributed by atoms with Gasteiger partial charge >= 0.3 is 0 Å². The molecule has 0 radical (unpaired) electrons. The molecule has 24 heavy (non-hydrogen) atoms. The molecule has 0 heterocycles. The average Bonchev–Trinajstić information content (AvgIpc) is 2.61. The summed E-state index contributed by atoms with van der Waals surface area (Å²) in [6.07, 6.45) is 0.913. The number of nitrogens with one attached hydrogen (secondary N) is 1. The van der Waals surface area contributed by atoms with Gasteiger partial charge in [0.2, 0.25) is 5.91 Å². The second-order valence-electron chi connectivity index (χ2n) is 6.06. The summed E-state index contributed by atoms with van der Waals surface area (Å²) >= 11 is 0. The minimum Gasteiger partial charge on any atom is -0.491 e. The lowest BCUT2D eigenvalue weighted by Gasteiger charge is -2.21. The van der Waals surface area contributed by atoms with Crippen LogP contribution in [0.15, 0.2) is 48.5 Å². The van der Waals surface area contributed by atoms with Gasteiger partial charge in [-0.1, -0.05) is 50.2 Å². The largest absolute Gasteiger partial charge is 0.491 e. The molecule has 4 nitrogen and oxygen atoms in total. The van der Waals surface area contributed by atoms with E-state index in [0.717, 1.165) is 17.5 Å². The van der Waals surface area contributed by atoms with Crippen molar-refractivity contribution >= 4 is 11.6 Å². The van der Waals surface area contributed by atoms with Crippen molar-refractivity contribution < 1.29 is 9.53 Å². The number of hydrogen-bond acceptors (Lipinski definition) is 3. The first-order chi connectivity index (χ1) is 11.5. The molecule has 0 saturated carbocycles. The van der Waals surface area contributed by atoms with Gasteiger partial charge in [0.25, 0.3) is 0 Å². The van der Waals surface area contributed by atoms with E-state index in [0.29, 0.717) is 18.0 Å². The maximum absolute atomic E-state index is 12.6. The van der Waals surface area contributed by atoms with Gasteiger partial charge in [0.05, 0.1) is 18.2 Å². The molecule has 2 unspecified atom stereocenters. The molecule has 0 aliphatic carbocycles. The molecule has 0 aliphatic rings. The second kappa shape index (κ2) is 8.50. The van der Waals surface area contributed by atoms with Gasteiger partial charge in [-0.15, -0.1) is 0 Å². The van der Waals surface area contributed by atoms with E-state index in [4.69, 9.17) is 10.5 Å². The van der Waals surface area contributed by atoms with Gasteiger partial charge in [0, 0.05) is 6.04 Å². The Bertz CT molecular complexity index is 671. The highest BCUT2D eigenvalue weighted by atomic mass is 16.5. The summed E-state index contributed by atoms with van der Waals surface area (Å²) in [6.45, 7) is 6.51. The maximum atomic E-state index is 12.6. The molecule has 0 bridgehead atoms. The Morgan fingerprint density at radius 2 is 1.92 bits per heavy atom. The fraction of sp³-hybridized carbons (Fsp3) is 0.350. The van der Waals surface area contributed by atoms with E-state index in [2.05, 4.69) is 12.2 Å². The van der Waals surface area contributed by atoms with Gasteiger partial charge in [0.1, 0.15) is 5.75 Å². The zero-order valence-electron chi connectivity index (χ0n) is 14.6. The quantitative estimate of drug-likeness (QED) is 0.806. The molecule has 4 heteroatoms. The minimum atomic E-state index is -0.354. The summed E-state index contributed by atoms with van der Waals surface area (Å²) in [4.78, 5) is 12.6. The summed E-state index contributed by atoms with van der Waals surface area (Å²) in [6, 6.07) is 15.1. The fourth-order valence-electron chi connectivity index (χ4n) is 2.44. The number of amides is 1. The van der Waals surface area contributed by atoms with E-state index in [1.807, 2.05) is 62.4 Å². The van der Waals surface area contributed by atoms with Crippen LogP contribution in [0.3, 0.4) is 0 Å². The van der Waals surface area contributed by atoms with Crippen LogP contribution >= 0.6 is 0 Å². The summed E-state index contributed by atoms with van der Waals surface area (Å²) in [5.41, 5.74) is 8.97. The Morgan fingerprint density at radius 1 is 1.21 bits per heavy atom. The Morgan fingerprint density at radius 3 is 2.58 bits per heavy atom. The normalized spacial score (nSPS) is 13.2. The summed E-state index contributed by atoms with van der Waals surface area (Å²) in [5.74, 6) is 0.231. The van der Waals surface area contributed by atoms with Crippen LogP contribution in [0.5, 0.6) is 5.75 Å². The molecule has 1 amide bonds. The molecule has 0 aliphatic heterocycles. The van der Waals surface area contributed by atoms with Crippen LogP contribution in [0.4, 0.5) is 5.69 Å². The molecule has 2 atom stereocenters. The first-order valence-electron chi connectivity index (χ1n) is 8.37. The van der Waals surface area contributed by atoms with E-state index in [-0.39, 0.29) is 17.9 Å². The summed E-state index contributed by atoms with van der Waals surface area (Å²) < 4.78 is 5.75. The summed E-state index contributed by atoms with van der Waals surface area (Å²) in [7, 11) is 0.